The molecule has 1 fully saturated rings. The van der Waals surface area contributed by atoms with Gasteiger partial charge in [0.25, 0.3) is 5.91 Å². The molecule has 3 rings (SSSR count). The van der Waals surface area contributed by atoms with Crippen LogP contribution in [-0.2, 0) is 0 Å². The van der Waals surface area contributed by atoms with E-state index in [1.54, 1.807) is 6.20 Å². The third-order valence-corrected chi connectivity index (χ3v) is 4.40. The summed E-state index contributed by atoms with van der Waals surface area (Å²) in [5, 5.41) is 7.27. The number of hydrogen-bond acceptors (Lipinski definition) is 5. The van der Waals surface area contributed by atoms with Gasteiger partial charge in [-0.3, -0.25) is 9.78 Å². The van der Waals surface area contributed by atoms with Crippen LogP contribution < -0.4 is 10.2 Å². The lowest BCUT2D eigenvalue weighted by Gasteiger charge is -2.32. The molecule has 21 heavy (non-hydrogen) atoms. The molecule has 0 saturated carbocycles. The number of rotatable bonds is 3. The first-order valence-electron chi connectivity index (χ1n) is 6.78. The summed E-state index contributed by atoms with van der Waals surface area (Å²) in [6.45, 7) is 1.67. The number of carbonyl (C=O) groups excluding carboxylic acids is 1. The molecular formula is C14H15ClN4OS. The number of amides is 1. The number of carbonyl (C=O) groups is 1. The highest BCUT2D eigenvalue weighted by Crippen LogP contribution is 2.19. The second kappa shape index (κ2) is 6.41. The molecule has 0 aliphatic carbocycles. The minimum atomic E-state index is 0.0113. The van der Waals surface area contributed by atoms with Crippen LogP contribution in [0.3, 0.4) is 0 Å². The Kier molecular flexibility index (Phi) is 4.36. The van der Waals surface area contributed by atoms with Crippen molar-refractivity contribution < 1.29 is 4.79 Å². The lowest BCUT2D eigenvalue weighted by atomic mass is 10.0. The largest absolute Gasteiger partial charge is 0.355 e. The maximum absolute atomic E-state index is 12.0. The Morgan fingerprint density at radius 3 is 2.86 bits per heavy atom. The van der Waals surface area contributed by atoms with Gasteiger partial charge in [-0.05, 0) is 24.3 Å². The predicted molar refractivity (Wildman–Crippen MR) is 84.1 cm³/mol. The Morgan fingerprint density at radius 1 is 1.38 bits per heavy atom. The lowest BCUT2D eigenvalue weighted by Crippen LogP contribution is -2.44. The van der Waals surface area contributed by atoms with Gasteiger partial charge in [0.05, 0.1) is 12.4 Å². The van der Waals surface area contributed by atoms with Crippen molar-refractivity contribution in [2.24, 2.45) is 0 Å². The van der Waals surface area contributed by atoms with Crippen molar-refractivity contribution in [3.8, 4) is 0 Å². The summed E-state index contributed by atoms with van der Waals surface area (Å²) in [6.07, 6.45) is 5.03. The van der Waals surface area contributed by atoms with Crippen molar-refractivity contribution in [2.45, 2.75) is 18.9 Å². The number of piperidine rings is 1. The summed E-state index contributed by atoms with van der Waals surface area (Å²) in [7, 11) is 0. The summed E-state index contributed by atoms with van der Waals surface area (Å²) in [6, 6.07) is 2.05. The lowest BCUT2D eigenvalue weighted by molar-refractivity contribution is 0.0931. The van der Waals surface area contributed by atoms with E-state index >= 15 is 0 Å². The first-order valence-corrected chi connectivity index (χ1v) is 8.10. The molecule has 1 saturated heterocycles. The molecule has 1 N–H and O–H groups in total. The summed E-state index contributed by atoms with van der Waals surface area (Å²) in [5.41, 5.74) is 0.739. The van der Waals surface area contributed by atoms with Crippen LogP contribution in [0, 0.1) is 0 Å². The molecule has 2 aromatic rings. The Hall–Kier alpha value is -1.66. The van der Waals surface area contributed by atoms with Gasteiger partial charge >= 0.3 is 0 Å². The third-order valence-electron chi connectivity index (χ3n) is 3.53. The average Bonchev–Trinajstić information content (AvgIpc) is 3.02. The Morgan fingerprint density at radius 2 is 2.19 bits per heavy atom. The quantitative estimate of drug-likeness (QED) is 0.943. The van der Waals surface area contributed by atoms with Gasteiger partial charge in [-0.1, -0.05) is 11.6 Å². The summed E-state index contributed by atoms with van der Waals surface area (Å²) in [5.74, 6) is 0.808. The fraction of sp³-hybridized carbons (Fsp3) is 0.357. The van der Waals surface area contributed by atoms with Crippen molar-refractivity contribution in [3.63, 3.8) is 0 Å². The zero-order valence-corrected chi connectivity index (χ0v) is 12.9. The Bertz CT molecular complexity index is 611. The summed E-state index contributed by atoms with van der Waals surface area (Å²) >= 11 is 7.39. The first kappa shape index (κ1) is 14.3. The molecule has 3 heterocycles. The first-order chi connectivity index (χ1) is 10.2. The van der Waals surface area contributed by atoms with E-state index in [1.807, 2.05) is 16.8 Å². The van der Waals surface area contributed by atoms with E-state index < -0.39 is 0 Å². The van der Waals surface area contributed by atoms with Crippen molar-refractivity contribution in [2.75, 3.05) is 18.0 Å². The highest BCUT2D eigenvalue weighted by atomic mass is 35.5. The summed E-state index contributed by atoms with van der Waals surface area (Å²) < 4.78 is 0. The van der Waals surface area contributed by atoms with Crippen LogP contribution in [0.1, 0.15) is 23.2 Å². The molecule has 110 valence electrons. The molecule has 2 aromatic heterocycles. The topological polar surface area (TPSA) is 58.1 Å². The fourth-order valence-electron chi connectivity index (χ4n) is 2.40. The number of nitrogens with one attached hydrogen (secondary N) is 1. The molecule has 1 aliphatic heterocycles. The zero-order chi connectivity index (χ0) is 14.7. The highest BCUT2D eigenvalue weighted by Gasteiger charge is 2.22. The van der Waals surface area contributed by atoms with Gasteiger partial charge in [0.2, 0.25) is 0 Å². The van der Waals surface area contributed by atoms with E-state index in [1.165, 1.54) is 17.5 Å². The van der Waals surface area contributed by atoms with Gasteiger partial charge < -0.3 is 10.2 Å². The van der Waals surface area contributed by atoms with Gasteiger partial charge in [-0.25, -0.2) is 4.98 Å². The van der Waals surface area contributed by atoms with Crippen molar-refractivity contribution >= 4 is 34.7 Å². The SMILES string of the molecule is O=C(NC1CCN(c2cncc(Cl)n2)CC1)c1ccsc1. The van der Waals surface area contributed by atoms with E-state index in [4.69, 9.17) is 11.6 Å². The van der Waals surface area contributed by atoms with Crippen LogP contribution in [0.25, 0.3) is 0 Å². The van der Waals surface area contributed by atoms with E-state index in [0.29, 0.717) is 5.15 Å². The normalized spacial score (nSPS) is 16.0. The number of thiophene rings is 1. The molecule has 0 aromatic carbocycles. The van der Waals surface area contributed by atoms with Crippen LogP contribution >= 0.6 is 22.9 Å². The number of nitrogens with zero attached hydrogens (tertiary/aromatic N) is 3. The van der Waals surface area contributed by atoms with Gasteiger partial charge in [0.1, 0.15) is 11.0 Å². The van der Waals surface area contributed by atoms with Crippen LogP contribution in [-0.4, -0.2) is 35.0 Å². The van der Waals surface area contributed by atoms with Gasteiger partial charge in [0, 0.05) is 30.1 Å². The maximum Gasteiger partial charge on any atom is 0.252 e. The smallest absolute Gasteiger partial charge is 0.252 e. The second-order valence-electron chi connectivity index (χ2n) is 4.95. The fourth-order valence-corrected chi connectivity index (χ4v) is 3.18. The van der Waals surface area contributed by atoms with Crippen LogP contribution in [0.5, 0.6) is 0 Å². The van der Waals surface area contributed by atoms with Crippen LogP contribution in [0.2, 0.25) is 5.15 Å². The molecular weight excluding hydrogens is 308 g/mol. The number of aromatic nitrogens is 2. The molecule has 7 heteroatoms. The van der Waals surface area contributed by atoms with Crippen molar-refractivity contribution in [3.05, 3.63) is 39.9 Å². The zero-order valence-electron chi connectivity index (χ0n) is 11.3. The molecule has 0 atom stereocenters. The Labute approximate surface area is 132 Å². The average molecular weight is 323 g/mol. The van der Waals surface area contributed by atoms with Crippen LogP contribution in [0.15, 0.2) is 29.2 Å². The minimum absolute atomic E-state index is 0.0113. The monoisotopic (exact) mass is 322 g/mol. The predicted octanol–water partition coefficient (Wildman–Crippen LogP) is 2.59. The number of halogens is 1. The van der Waals surface area contributed by atoms with E-state index in [0.717, 1.165) is 37.3 Å². The highest BCUT2D eigenvalue weighted by molar-refractivity contribution is 7.08. The Balaban J connectivity index is 1.54. The molecule has 0 bridgehead atoms. The van der Waals surface area contributed by atoms with Gasteiger partial charge in [0.15, 0.2) is 0 Å². The standard InChI is InChI=1S/C14H15ClN4OS/c15-12-7-16-8-13(18-12)19-4-1-11(2-5-19)17-14(20)10-3-6-21-9-10/h3,6-9,11H,1-2,4-5H2,(H,17,20). The minimum Gasteiger partial charge on any atom is -0.355 e. The number of anilines is 1. The van der Waals surface area contributed by atoms with Gasteiger partial charge in [-0.15, -0.1) is 0 Å². The molecule has 0 unspecified atom stereocenters. The second-order valence-corrected chi connectivity index (χ2v) is 6.11. The molecule has 5 nitrogen and oxygen atoms in total. The van der Waals surface area contributed by atoms with E-state index in [-0.39, 0.29) is 11.9 Å². The van der Waals surface area contributed by atoms with E-state index in [9.17, 15) is 4.79 Å². The third kappa shape index (κ3) is 3.51. The van der Waals surface area contributed by atoms with Crippen molar-refractivity contribution in [1.82, 2.24) is 15.3 Å². The van der Waals surface area contributed by atoms with Crippen LogP contribution in [0.4, 0.5) is 5.82 Å². The maximum atomic E-state index is 12.0. The molecule has 1 aliphatic rings. The summed E-state index contributed by atoms with van der Waals surface area (Å²) in [4.78, 5) is 22.5. The van der Waals surface area contributed by atoms with E-state index in [2.05, 4.69) is 20.2 Å². The number of hydrogen-bond donors (Lipinski definition) is 1. The van der Waals surface area contributed by atoms with Gasteiger partial charge in [-0.2, -0.15) is 11.3 Å². The molecule has 0 spiro atoms. The molecule has 0 radical (unpaired) electrons. The van der Waals surface area contributed by atoms with Crippen molar-refractivity contribution in [1.29, 1.82) is 0 Å². The molecule has 1 amide bonds.